The number of benzene rings is 1. The third kappa shape index (κ3) is 2.89. The smallest absolute Gasteiger partial charge is 0.341 e. The van der Waals surface area contributed by atoms with Crippen LogP contribution < -0.4 is 4.74 Å². The first-order valence-corrected chi connectivity index (χ1v) is 5.58. The zero-order valence-electron chi connectivity index (χ0n) is 9.67. The summed E-state index contributed by atoms with van der Waals surface area (Å²) < 4.78 is 10.3. The number of aryl methyl sites for hydroxylation is 1. The van der Waals surface area contributed by atoms with E-state index in [0.717, 1.165) is 5.56 Å². The maximum atomic E-state index is 11.6. The quantitative estimate of drug-likeness (QED) is 0.761. The Kier molecular flexibility index (Phi) is 4.62. The van der Waals surface area contributed by atoms with Gasteiger partial charge >= 0.3 is 5.97 Å². The molecule has 0 aliphatic carbocycles. The van der Waals surface area contributed by atoms with E-state index >= 15 is 0 Å². The molecule has 0 spiro atoms. The van der Waals surface area contributed by atoms with Crippen molar-refractivity contribution in [2.24, 2.45) is 0 Å². The first kappa shape index (κ1) is 12.8. The molecule has 0 heterocycles. The van der Waals surface area contributed by atoms with Crippen LogP contribution in [-0.2, 0) is 4.74 Å². The zero-order valence-corrected chi connectivity index (χ0v) is 10.4. The fourth-order valence-corrected chi connectivity index (χ4v) is 1.46. The van der Waals surface area contributed by atoms with Crippen molar-refractivity contribution in [3.8, 4) is 5.75 Å². The van der Waals surface area contributed by atoms with Crippen molar-refractivity contribution in [2.75, 3.05) is 13.2 Å². The number of carbonyl (C=O) groups excluding carboxylic acids is 1. The number of halogens is 1. The SMILES string of the molecule is CCOC(=O)c1cc(Cl)c(C)cc1OCC. The molecule has 0 aliphatic heterocycles. The molecule has 0 amide bonds. The Morgan fingerprint density at radius 3 is 2.56 bits per heavy atom. The Balaban J connectivity index is 3.13. The summed E-state index contributed by atoms with van der Waals surface area (Å²) in [4.78, 5) is 11.6. The summed E-state index contributed by atoms with van der Waals surface area (Å²) in [6.07, 6.45) is 0. The second kappa shape index (κ2) is 5.75. The third-order valence-corrected chi connectivity index (χ3v) is 2.46. The molecule has 0 aromatic heterocycles. The highest BCUT2D eigenvalue weighted by molar-refractivity contribution is 6.31. The lowest BCUT2D eigenvalue weighted by atomic mass is 10.1. The highest BCUT2D eigenvalue weighted by Crippen LogP contribution is 2.27. The van der Waals surface area contributed by atoms with Crippen molar-refractivity contribution in [3.05, 3.63) is 28.3 Å². The van der Waals surface area contributed by atoms with Crippen LogP contribution in [0.4, 0.5) is 0 Å². The number of hydrogen-bond donors (Lipinski definition) is 0. The maximum absolute atomic E-state index is 11.6. The predicted octanol–water partition coefficient (Wildman–Crippen LogP) is 3.22. The fraction of sp³-hybridized carbons (Fsp3) is 0.417. The van der Waals surface area contributed by atoms with Crippen LogP contribution in [0.3, 0.4) is 0 Å². The largest absolute Gasteiger partial charge is 0.493 e. The van der Waals surface area contributed by atoms with Crippen LogP contribution >= 0.6 is 11.6 Å². The van der Waals surface area contributed by atoms with Crippen molar-refractivity contribution in [1.29, 1.82) is 0 Å². The van der Waals surface area contributed by atoms with E-state index in [2.05, 4.69) is 0 Å². The molecule has 0 bridgehead atoms. The van der Waals surface area contributed by atoms with E-state index in [-0.39, 0.29) is 0 Å². The van der Waals surface area contributed by atoms with Crippen LogP contribution in [0.1, 0.15) is 29.8 Å². The normalized spacial score (nSPS) is 10.0. The van der Waals surface area contributed by atoms with E-state index < -0.39 is 5.97 Å². The van der Waals surface area contributed by atoms with Crippen LogP contribution in [0.15, 0.2) is 12.1 Å². The van der Waals surface area contributed by atoms with Crippen molar-refractivity contribution in [1.82, 2.24) is 0 Å². The molecule has 0 atom stereocenters. The molecule has 0 aliphatic rings. The van der Waals surface area contributed by atoms with Crippen molar-refractivity contribution >= 4 is 17.6 Å². The maximum Gasteiger partial charge on any atom is 0.341 e. The molecule has 1 rings (SSSR count). The van der Waals surface area contributed by atoms with Gasteiger partial charge in [-0.2, -0.15) is 0 Å². The van der Waals surface area contributed by atoms with Crippen molar-refractivity contribution < 1.29 is 14.3 Å². The average molecular weight is 243 g/mol. The minimum Gasteiger partial charge on any atom is -0.493 e. The van der Waals surface area contributed by atoms with Gasteiger partial charge in [-0.3, -0.25) is 0 Å². The summed E-state index contributed by atoms with van der Waals surface area (Å²) in [5.74, 6) is 0.107. The van der Waals surface area contributed by atoms with E-state index in [1.165, 1.54) is 0 Å². The Labute approximate surface area is 100 Å². The summed E-state index contributed by atoms with van der Waals surface area (Å²) in [5, 5.41) is 0.534. The number of rotatable bonds is 4. The number of ether oxygens (including phenoxy) is 2. The van der Waals surface area contributed by atoms with Crippen LogP contribution in [0.25, 0.3) is 0 Å². The molecule has 0 saturated heterocycles. The third-order valence-electron chi connectivity index (χ3n) is 2.06. The number of hydrogen-bond acceptors (Lipinski definition) is 3. The molecule has 0 saturated carbocycles. The fourth-order valence-electron chi connectivity index (χ4n) is 1.30. The van der Waals surface area contributed by atoms with Gasteiger partial charge in [0.2, 0.25) is 0 Å². The summed E-state index contributed by atoms with van der Waals surface area (Å²) >= 11 is 5.97. The van der Waals surface area contributed by atoms with Gasteiger partial charge in [0.25, 0.3) is 0 Å². The van der Waals surface area contributed by atoms with E-state index in [4.69, 9.17) is 21.1 Å². The molecular formula is C12H15ClO3. The molecule has 88 valence electrons. The minimum absolute atomic E-state index is 0.329. The van der Waals surface area contributed by atoms with E-state index in [1.807, 2.05) is 13.8 Å². The Morgan fingerprint density at radius 1 is 1.31 bits per heavy atom. The van der Waals surface area contributed by atoms with Gasteiger partial charge in [0.15, 0.2) is 0 Å². The Hall–Kier alpha value is -1.22. The molecule has 0 unspecified atom stereocenters. The topological polar surface area (TPSA) is 35.5 Å². The van der Waals surface area contributed by atoms with Gasteiger partial charge < -0.3 is 9.47 Å². The molecule has 0 fully saturated rings. The highest BCUT2D eigenvalue weighted by atomic mass is 35.5. The lowest BCUT2D eigenvalue weighted by Gasteiger charge is -2.11. The van der Waals surface area contributed by atoms with E-state index in [0.29, 0.717) is 29.5 Å². The highest BCUT2D eigenvalue weighted by Gasteiger charge is 2.15. The molecule has 1 aromatic carbocycles. The molecular weight excluding hydrogens is 228 g/mol. The molecule has 0 radical (unpaired) electrons. The van der Waals surface area contributed by atoms with Gasteiger partial charge in [-0.25, -0.2) is 4.79 Å². The molecule has 3 nitrogen and oxygen atoms in total. The predicted molar refractivity (Wildman–Crippen MR) is 63.3 cm³/mol. The molecule has 1 aromatic rings. The molecule has 4 heteroatoms. The van der Waals surface area contributed by atoms with E-state index in [1.54, 1.807) is 19.1 Å². The van der Waals surface area contributed by atoms with Crippen molar-refractivity contribution in [3.63, 3.8) is 0 Å². The van der Waals surface area contributed by atoms with Gasteiger partial charge in [0.1, 0.15) is 11.3 Å². The monoisotopic (exact) mass is 242 g/mol. The van der Waals surface area contributed by atoms with Gasteiger partial charge in [-0.15, -0.1) is 0 Å². The molecule has 0 N–H and O–H groups in total. The van der Waals surface area contributed by atoms with Crippen LogP contribution in [0.2, 0.25) is 5.02 Å². The lowest BCUT2D eigenvalue weighted by Crippen LogP contribution is -2.08. The first-order valence-electron chi connectivity index (χ1n) is 5.20. The lowest BCUT2D eigenvalue weighted by molar-refractivity contribution is 0.0522. The van der Waals surface area contributed by atoms with Crippen LogP contribution in [0.5, 0.6) is 5.75 Å². The Bertz CT molecular complexity index is 388. The van der Waals surface area contributed by atoms with Gasteiger partial charge in [0, 0.05) is 5.02 Å². The average Bonchev–Trinajstić information content (AvgIpc) is 2.23. The first-order chi connectivity index (χ1) is 7.60. The minimum atomic E-state index is -0.409. The number of carbonyl (C=O) groups is 1. The van der Waals surface area contributed by atoms with Crippen molar-refractivity contribution in [2.45, 2.75) is 20.8 Å². The second-order valence-electron chi connectivity index (χ2n) is 3.25. The zero-order chi connectivity index (χ0) is 12.1. The van der Waals surface area contributed by atoms with Gasteiger partial charge in [-0.05, 0) is 38.5 Å². The summed E-state index contributed by atoms with van der Waals surface area (Å²) in [6, 6.07) is 3.33. The van der Waals surface area contributed by atoms with E-state index in [9.17, 15) is 4.79 Å². The van der Waals surface area contributed by atoms with Crippen LogP contribution in [0, 0.1) is 6.92 Å². The standard InChI is InChI=1S/C12H15ClO3/c1-4-15-11-6-8(3)10(13)7-9(11)12(14)16-5-2/h6-7H,4-5H2,1-3H3. The summed E-state index contributed by atoms with van der Waals surface area (Å²) in [6.45, 7) is 6.30. The van der Waals surface area contributed by atoms with Crippen LogP contribution in [-0.4, -0.2) is 19.2 Å². The van der Waals surface area contributed by atoms with Gasteiger partial charge in [-0.1, -0.05) is 11.6 Å². The number of esters is 1. The second-order valence-corrected chi connectivity index (χ2v) is 3.66. The Morgan fingerprint density at radius 2 is 2.00 bits per heavy atom. The summed E-state index contributed by atoms with van der Waals surface area (Å²) in [7, 11) is 0. The summed E-state index contributed by atoms with van der Waals surface area (Å²) in [5.41, 5.74) is 1.25. The van der Waals surface area contributed by atoms with Gasteiger partial charge in [0.05, 0.1) is 13.2 Å². The molecule has 16 heavy (non-hydrogen) atoms.